The van der Waals surface area contributed by atoms with E-state index >= 15 is 0 Å². The lowest BCUT2D eigenvalue weighted by molar-refractivity contribution is 0.0929. The molecule has 4 rings (SSSR count). The molecule has 35 heavy (non-hydrogen) atoms. The van der Waals surface area contributed by atoms with Crippen LogP contribution < -0.4 is 14.9 Å². The summed E-state index contributed by atoms with van der Waals surface area (Å²) in [5.74, 6) is 1.00. The third-order valence-corrected chi connectivity index (χ3v) is 6.36. The molecule has 1 amide bonds. The zero-order chi connectivity index (χ0) is 24.8. The summed E-state index contributed by atoms with van der Waals surface area (Å²) in [6.45, 7) is 2.70. The minimum atomic E-state index is -0.471. The number of nitrogens with zero attached hydrogens (tertiary/aromatic N) is 2. The topological polar surface area (TPSA) is 96.8 Å². The zero-order valence-electron chi connectivity index (χ0n) is 18.5. The van der Waals surface area contributed by atoms with Crippen molar-refractivity contribution in [2.24, 2.45) is 5.10 Å². The van der Waals surface area contributed by atoms with Crippen molar-refractivity contribution in [2.75, 3.05) is 6.61 Å². The fraction of sp³-hybridized carbons (Fsp3) is 0.115. The van der Waals surface area contributed by atoms with Gasteiger partial charge < -0.3 is 13.9 Å². The van der Waals surface area contributed by atoms with Crippen LogP contribution in [0, 0.1) is 18.5 Å². The molecule has 0 aliphatic heterocycles. The molecule has 0 saturated heterocycles. The van der Waals surface area contributed by atoms with Gasteiger partial charge in [0, 0.05) is 20.1 Å². The molecule has 0 aliphatic carbocycles. The lowest BCUT2D eigenvalue weighted by Crippen LogP contribution is -2.16. The summed E-state index contributed by atoms with van der Waals surface area (Å²) in [6, 6.07) is 20.4. The molecule has 1 N–H and O–H groups in total. The number of amides is 1. The number of nitriles is 1. The Kier molecular flexibility index (Phi) is 8.25. The smallest absolute Gasteiger partial charge is 0.307 e. The number of hydrogen-bond acceptors (Lipinski definition) is 6. The number of hydrogen-bond donors (Lipinski definition) is 1. The summed E-state index contributed by atoms with van der Waals surface area (Å²) in [5, 5.41) is 14.2. The number of carbonyl (C=O) groups excluding carboxylic acids is 1. The van der Waals surface area contributed by atoms with Gasteiger partial charge in [-0.2, -0.15) is 10.4 Å². The fourth-order valence-electron chi connectivity index (χ4n) is 3.34. The van der Waals surface area contributed by atoms with E-state index in [4.69, 9.17) is 13.9 Å². The van der Waals surface area contributed by atoms with Gasteiger partial charge in [-0.3, -0.25) is 4.79 Å². The van der Waals surface area contributed by atoms with E-state index in [0.717, 1.165) is 18.1 Å². The summed E-state index contributed by atoms with van der Waals surface area (Å²) < 4.78 is 19.1. The van der Waals surface area contributed by atoms with E-state index in [0.29, 0.717) is 34.8 Å². The summed E-state index contributed by atoms with van der Waals surface area (Å²) in [7, 11) is 0. The highest BCUT2D eigenvalue weighted by molar-refractivity contribution is 14.1. The molecule has 176 valence electrons. The Morgan fingerprint density at radius 1 is 1.14 bits per heavy atom. The molecule has 0 radical (unpaired) electrons. The van der Waals surface area contributed by atoms with E-state index in [1.54, 1.807) is 24.3 Å². The van der Waals surface area contributed by atoms with Crippen LogP contribution in [0.25, 0.3) is 11.0 Å². The highest BCUT2D eigenvalue weighted by atomic mass is 127. The Labute approximate surface area is 229 Å². The molecule has 7 nitrogen and oxygen atoms in total. The molecule has 0 spiro atoms. The molecule has 0 bridgehead atoms. The van der Waals surface area contributed by atoms with Crippen molar-refractivity contribution in [2.45, 2.75) is 13.5 Å². The van der Waals surface area contributed by atoms with Crippen LogP contribution in [-0.2, 0) is 6.61 Å². The van der Waals surface area contributed by atoms with E-state index in [9.17, 15) is 10.1 Å². The van der Waals surface area contributed by atoms with E-state index in [2.05, 4.69) is 61.8 Å². The van der Waals surface area contributed by atoms with Crippen LogP contribution in [0.5, 0.6) is 11.5 Å². The van der Waals surface area contributed by atoms with Gasteiger partial charge in [-0.05, 0) is 94.6 Å². The Balaban J connectivity index is 1.50. The molecule has 0 unspecified atom stereocenters. The van der Waals surface area contributed by atoms with Crippen LogP contribution >= 0.6 is 45.2 Å². The van der Waals surface area contributed by atoms with Gasteiger partial charge in [0.15, 0.2) is 5.76 Å². The van der Waals surface area contributed by atoms with Crippen LogP contribution in [0.3, 0.4) is 0 Å². The number of nitrogens with one attached hydrogen (secondary N) is 1. The molecule has 0 atom stereocenters. The van der Waals surface area contributed by atoms with Crippen molar-refractivity contribution >= 4 is 68.3 Å². The lowest BCUT2D eigenvalue weighted by atomic mass is 10.1. The molecular formula is C26H19I2N3O4. The van der Waals surface area contributed by atoms with Gasteiger partial charge >= 0.3 is 5.91 Å². The number of rotatable bonds is 8. The summed E-state index contributed by atoms with van der Waals surface area (Å²) in [4.78, 5) is 12.6. The second-order valence-corrected chi connectivity index (χ2v) is 9.71. The average Bonchev–Trinajstić information content (AvgIpc) is 3.27. The lowest BCUT2D eigenvalue weighted by Gasteiger charge is -2.13. The molecule has 3 aromatic carbocycles. The highest BCUT2D eigenvalue weighted by Crippen LogP contribution is 2.29. The second kappa shape index (κ2) is 11.5. The van der Waals surface area contributed by atoms with Crippen molar-refractivity contribution in [1.29, 1.82) is 5.26 Å². The fourth-order valence-corrected chi connectivity index (χ4v) is 5.38. The number of benzene rings is 3. The number of hydrazone groups is 1. The number of ether oxygens (including phenoxy) is 2. The van der Waals surface area contributed by atoms with E-state index in [1.165, 1.54) is 6.21 Å². The van der Waals surface area contributed by atoms with Crippen LogP contribution in [0.1, 0.15) is 34.2 Å². The van der Waals surface area contributed by atoms with Gasteiger partial charge in [0.05, 0.1) is 28.0 Å². The molecule has 1 aromatic heterocycles. The van der Waals surface area contributed by atoms with Crippen molar-refractivity contribution in [3.05, 3.63) is 90.3 Å². The maximum absolute atomic E-state index is 12.6. The quantitative estimate of drug-likeness (QED) is 0.134. The first-order valence-electron chi connectivity index (χ1n) is 10.6. The number of carbonyl (C=O) groups is 1. The average molecular weight is 691 g/mol. The largest absolute Gasteiger partial charge is 0.494 e. The monoisotopic (exact) mass is 691 g/mol. The molecule has 4 aromatic rings. The first-order chi connectivity index (χ1) is 17.0. The maximum atomic E-state index is 12.6. The first kappa shape index (κ1) is 25.0. The summed E-state index contributed by atoms with van der Waals surface area (Å²) >= 11 is 4.41. The van der Waals surface area contributed by atoms with Gasteiger partial charge in [-0.15, -0.1) is 0 Å². The minimum absolute atomic E-state index is 0.146. The maximum Gasteiger partial charge on any atom is 0.307 e. The van der Waals surface area contributed by atoms with Crippen molar-refractivity contribution in [3.8, 4) is 17.6 Å². The van der Waals surface area contributed by atoms with Gasteiger partial charge in [0.25, 0.3) is 0 Å². The van der Waals surface area contributed by atoms with Gasteiger partial charge in [0.2, 0.25) is 0 Å². The Bertz CT molecular complexity index is 1460. The summed E-state index contributed by atoms with van der Waals surface area (Å²) in [6.07, 6.45) is 1.53. The zero-order valence-corrected chi connectivity index (χ0v) is 22.9. The predicted octanol–water partition coefficient (Wildman–Crippen LogP) is 6.26. The van der Waals surface area contributed by atoms with E-state index < -0.39 is 5.91 Å². The van der Waals surface area contributed by atoms with Crippen LogP contribution in [0.2, 0.25) is 0 Å². The van der Waals surface area contributed by atoms with E-state index in [-0.39, 0.29) is 12.4 Å². The third kappa shape index (κ3) is 6.12. The van der Waals surface area contributed by atoms with Gasteiger partial charge in [-0.25, -0.2) is 5.43 Å². The third-order valence-electron chi connectivity index (χ3n) is 4.94. The first-order valence-corrected chi connectivity index (χ1v) is 12.7. The number of fused-ring (bicyclic) bond motifs is 1. The van der Waals surface area contributed by atoms with Crippen LogP contribution in [-0.4, -0.2) is 18.7 Å². The summed E-state index contributed by atoms with van der Waals surface area (Å²) in [5.41, 5.74) is 5.15. The highest BCUT2D eigenvalue weighted by Gasteiger charge is 2.14. The van der Waals surface area contributed by atoms with E-state index in [1.807, 2.05) is 43.3 Å². The Morgan fingerprint density at radius 3 is 2.77 bits per heavy atom. The minimum Gasteiger partial charge on any atom is -0.494 e. The van der Waals surface area contributed by atoms with Crippen LogP contribution in [0.4, 0.5) is 0 Å². The Morgan fingerprint density at radius 2 is 1.97 bits per heavy atom. The van der Waals surface area contributed by atoms with Gasteiger partial charge in [-0.1, -0.05) is 18.2 Å². The molecule has 1 heterocycles. The number of furan rings is 1. The normalized spacial score (nSPS) is 10.9. The van der Waals surface area contributed by atoms with Crippen molar-refractivity contribution in [3.63, 3.8) is 0 Å². The standard InChI is InChI=1S/C26H19I2N3O4/c1-2-33-21-7-8-23-18(10-21)11-24(35-23)26(32)31-30-14-19-9-20(27)12-22(28)25(19)34-15-17-6-4-3-5-16(17)13-29/h3-12,14H,2,15H2,1H3,(H,31,32)/b30-14+. The SMILES string of the molecule is CCOc1ccc2oc(C(=O)N/N=C/c3cc(I)cc(I)c3OCc3ccccc3C#N)cc2c1. The van der Waals surface area contributed by atoms with Crippen molar-refractivity contribution < 1.29 is 18.7 Å². The molecular weight excluding hydrogens is 672 g/mol. The number of halogens is 2. The molecule has 0 aliphatic rings. The predicted molar refractivity (Wildman–Crippen MR) is 150 cm³/mol. The molecule has 0 fully saturated rings. The van der Waals surface area contributed by atoms with Crippen molar-refractivity contribution in [1.82, 2.24) is 5.43 Å². The molecule has 9 heteroatoms. The second-order valence-electron chi connectivity index (χ2n) is 7.31. The Hall–Kier alpha value is -3.11. The molecule has 0 saturated carbocycles. The van der Waals surface area contributed by atoms with Crippen LogP contribution in [0.15, 0.2) is 70.2 Å². The van der Waals surface area contributed by atoms with Gasteiger partial charge in [0.1, 0.15) is 23.7 Å².